The number of piperazine rings is 1. The van der Waals surface area contributed by atoms with Crippen LogP contribution in [0.2, 0.25) is 0 Å². The second-order valence-electron chi connectivity index (χ2n) is 8.18. The van der Waals surface area contributed by atoms with Crippen LogP contribution in [0, 0.1) is 0 Å². The van der Waals surface area contributed by atoms with Crippen molar-refractivity contribution in [2.45, 2.75) is 45.8 Å². The lowest BCUT2D eigenvalue weighted by atomic mass is 10.1. The van der Waals surface area contributed by atoms with Crippen LogP contribution in [0.5, 0.6) is 0 Å². The number of pyridine rings is 1. The second kappa shape index (κ2) is 10.5. The van der Waals surface area contributed by atoms with E-state index < -0.39 is 0 Å². The molecular weight excluding hydrogens is 406 g/mol. The lowest BCUT2D eigenvalue weighted by Gasteiger charge is -2.35. The summed E-state index contributed by atoms with van der Waals surface area (Å²) in [6.45, 7) is 10.4. The maximum absolute atomic E-state index is 5.98. The Morgan fingerprint density at radius 1 is 1.12 bits per heavy atom. The first-order valence-electron chi connectivity index (χ1n) is 11.2. The summed E-state index contributed by atoms with van der Waals surface area (Å²) in [5, 5.41) is 18.6. The van der Waals surface area contributed by atoms with Crippen molar-refractivity contribution in [3.8, 4) is 11.5 Å². The molecule has 1 aliphatic heterocycles. The molecule has 32 heavy (non-hydrogen) atoms. The molecule has 1 fully saturated rings. The average Bonchev–Trinajstić information content (AvgIpc) is 3.22. The molecule has 4 heterocycles. The lowest BCUT2D eigenvalue weighted by molar-refractivity contribution is 0.154. The number of anilines is 2. The summed E-state index contributed by atoms with van der Waals surface area (Å²) in [7, 11) is 0. The highest BCUT2D eigenvalue weighted by molar-refractivity contribution is 5.69. The Balaban J connectivity index is 1.42. The zero-order valence-electron chi connectivity index (χ0n) is 18.9. The van der Waals surface area contributed by atoms with Crippen molar-refractivity contribution in [3.05, 3.63) is 42.2 Å². The third-order valence-corrected chi connectivity index (χ3v) is 5.27. The fourth-order valence-corrected chi connectivity index (χ4v) is 3.98. The van der Waals surface area contributed by atoms with Gasteiger partial charge in [-0.2, -0.15) is 4.98 Å². The van der Waals surface area contributed by atoms with Gasteiger partial charge in [-0.05, 0) is 44.9 Å². The second-order valence-corrected chi connectivity index (χ2v) is 8.18. The van der Waals surface area contributed by atoms with Crippen LogP contribution in [-0.4, -0.2) is 68.3 Å². The molecule has 0 aromatic carbocycles. The molecule has 1 saturated heterocycles. The Morgan fingerprint density at radius 3 is 2.66 bits per heavy atom. The van der Waals surface area contributed by atoms with E-state index in [9.17, 15) is 0 Å². The molecule has 10 nitrogen and oxygen atoms in total. The quantitative estimate of drug-likeness (QED) is 0.460. The highest BCUT2D eigenvalue weighted by Gasteiger charge is 2.23. The van der Waals surface area contributed by atoms with Crippen LogP contribution in [0.15, 0.2) is 35.1 Å². The molecule has 4 rings (SSSR count). The summed E-state index contributed by atoms with van der Waals surface area (Å²) in [5.41, 5.74) is 1.91. The van der Waals surface area contributed by atoms with Gasteiger partial charge in [-0.3, -0.25) is 9.88 Å². The number of hydrogen-bond acceptors (Lipinski definition) is 10. The van der Waals surface area contributed by atoms with E-state index in [-0.39, 0.29) is 0 Å². The van der Waals surface area contributed by atoms with E-state index in [1.54, 1.807) is 18.6 Å². The predicted octanol–water partition coefficient (Wildman–Crippen LogP) is 2.19. The molecule has 0 amide bonds. The van der Waals surface area contributed by atoms with Crippen LogP contribution in [0.1, 0.15) is 32.2 Å². The van der Waals surface area contributed by atoms with Gasteiger partial charge < -0.3 is 20.4 Å². The SMILES string of the molecule is CCNc1nc(NCCc2ccncc2)ncc1-c1nnc(CN2C[C@@H](C)N[C@@H](C)C2)o1. The minimum Gasteiger partial charge on any atom is -0.419 e. The first-order chi connectivity index (χ1) is 15.6. The molecule has 10 heteroatoms. The molecule has 1 aliphatic rings. The first-order valence-corrected chi connectivity index (χ1v) is 11.2. The highest BCUT2D eigenvalue weighted by atomic mass is 16.4. The number of hydrogen-bond donors (Lipinski definition) is 3. The summed E-state index contributed by atoms with van der Waals surface area (Å²) in [6.07, 6.45) is 6.18. The van der Waals surface area contributed by atoms with Gasteiger partial charge in [-0.25, -0.2) is 4.98 Å². The van der Waals surface area contributed by atoms with E-state index in [2.05, 4.69) is 59.8 Å². The van der Waals surface area contributed by atoms with Crippen LogP contribution in [0.25, 0.3) is 11.5 Å². The standard InChI is InChI=1S/C22H31N9O/c1-4-24-20-18(11-26-22(28-20)25-10-7-17-5-8-23-9-6-17)21-30-29-19(32-21)14-31-12-15(2)27-16(3)13-31/h5-6,8-9,11,15-16,27H,4,7,10,12-14H2,1-3H3,(H2,24,25,26,28)/t15-,16+. The van der Waals surface area contributed by atoms with Crippen molar-refractivity contribution in [1.82, 2.24) is 35.4 Å². The summed E-state index contributed by atoms with van der Waals surface area (Å²) < 4.78 is 5.98. The maximum atomic E-state index is 5.98. The Morgan fingerprint density at radius 2 is 1.91 bits per heavy atom. The molecule has 0 aliphatic carbocycles. The predicted molar refractivity (Wildman–Crippen MR) is 123 cm³/mol. The van der Waals surface area contributed by atoms with E-state index in [0.717, 1.165) is 32.6 Å². The van der Waals surface area contributed by atoms with E-state index in [1.165, 1.54) is 5.56 Å². The number of nitrogens with zero attached hydrogens (tertiary/aromatic N) is 6. The number of rotatable bonds is 9. The van der Waals surface area contributed by atoms with Crippen LogP contribution >= 0.6 is 0 Å². The Labute approximate surface area is 188 Å². The minimum atomic E-state index is 0.426. The number of nitrogens with one attached hydrogen (secondary N) is 3. The monoisotopic (exact) mass is 437 g/mol. The van der Waals surface area contributed by atoms with Gasteiger partial charge in [0.15, 0.2) is 0 Å². The molecule has 0 spiro atoms. The van der Waals surface area contributed by atoms with Gasteiger partial charge in [-0.1, -0.05) is 0 Å². The van der Waals surface area contributed by atoms with Crippen LogP contribution in [0.4, 0.5) is 11.8 Å². The maximum Gasteiger partial charge on any atom is 0.253 e. The smallest absolute Gasteiger partial charge is 0.253 e. The Bertz CT molecular complexity index is 984. The van der Waals surface area contributed by atoms with Gasteiger partial charge >= 0.3 is 0 Å². The third-order valence-electron chi connectivity index (χ3n) is 5.27. The summed E-state index contributed by atoms with van der Waals surface area (Å²) in [4.78, 5) is 15.5. The van der Waals surface area contributed by atoms with E-state index in [1.807, 2.05) is 19.1 Å². The van der Waals surface area contributed by atoms with Crippen molar-refractivity contribution in [2.75, 3.05) is 36.8 Å². The molecule has 0 bridgehead atoms. The largest absolute Gasteiger partial charge is 0.419 e. The van der Waals surface area contributed by atoms with Crippen molar-refractivity contribution in [3.63, 3.8) is 0 Å². The van der Waals surface area contributed by atoms with Gasteiger partial charge in [0, 0.05) is 56.9 Å². The van der Waals surface area contributed by atoms with E-state index in [0.29, 0.717) is 47.7 Å². The summed E-state index contributed by atoms with van der Waals surface area (Å²) in [5.74, 6) is 2.26. The third kappa shape index (κ3) is 5.77. The molecule has 3 N–H and O–H groups in total. The van der Waals surface area contributed by atoms with Crippen molar-refractivity contribution < 1.29 is 4.42 Å². The fraction of sp³-hybridized carbons (Fsp3) is 0.500. The van der Waals surface area contributed by atoms with Crippen LogP contribution in [0.3, 0.4) is 0 Å². The van der Waals surface area contributed by atoms with Gasteiger partial charge in [0.25, 0.3) is 5.89 Å². The van der Waals surface area contributed by atoms with Gasteiger partial charge in [0.1, 0.15) is 5.82 Å². The average molecular weight is 438 g/mol. The molecule has 0 unspecified atom stereocenters. The topological polar surface area (TPSA) is 117 Å². The van der Waals surface area contributed by atoms with Crippen molar-refractivity contribution in [2.24, 2.45) is 0 Å². The van der Waals surface area contributed by atoms with Crippen LogP contribution in [-0.2, 0) is 13.0 Å². The van der Waals surface area contributed by atoms with E-state index >= 15 is 0 Å². The Kier molecular flexibility index (Phi) is 7.23. The number of aromatic nitrogens is 5. The van der Waals surface area contributed by atoms with Crippen LogP contribution < -0.4 is 16.0 Å². The molecule has 170 valence electrons. The van der Waals surface area contributed by atoms with Gasteiger partial charge in [-0.15, -0.1) is 10.2 Å². The lowest BCUT2D eigenvalue weighted by Crippen LogP contribution is -2.53. The zero-order valence-corrected chi connectivity index (χ0v) is 18.9. The van der Waals surface area contributed by atoms with Crippen molar-refractivity contribution in [1.29, 1.82) is 0 Å². The molecule has 2 atom stereocenters. The van der Waals surface area contributed by atoms with Gasteiger partial charge in [0.2, 0.25) is 11.8 Å². The fourth-order valence-electron chi connectivity index (χ4n) is 3.98. The normalized spacial score (nSPS) is 19.1. The molecule has 3 aromatic rings. The highest BCUT2D eigenvalue weighted by Crippen LogP contribution is 2.26. The summed E-state index contributed by atoms with van der Waals surface area (Å²) in [6, 6.07) is 4.89. The molecular formula is C22H31N9O. The van der Waals surface area contributed by atoms with E-state index in [4.69, 9.17) is 4.42 Å². The molecule has 0 radical (unpaired) electrons. The molecule has 3 aromatic heterocycles. The minimum absolute atomic E-state index is 0.426. The summed E-state index contributed by atoms with van der Waals surface area (Å²) >= 11 is 0. The Hall–Kier alpha value is -3.11. The first kappa shape index (κ1) is 22.1. The molecule has 0 saturated carbocycles. The zero-order chi connectivity index (χ0) is 22.3. The van der Waals surface area contributed by atoms with Gasteiger partial charge in [0.05, 0.1) is 12.1 Å². The van der Waals surface area contributed by atoms with Crippen molar-refractivity contribution >= 4 is 11.8 Å².